The summed E-state index contributed by atoms with van der Waals surface area (Å²) in [5.41, 5.74) is 12.5. The van der Waals surface area contributed by atoms with E-state index in [-0.39, 0.29) is 9.03 Å². The molecule has 0 saturated heterocycles. The van der Waals surface area contributed by atoms with Crippen LogP contribution in [0.3, 0.4) is 0 Å². The summed E-state index contributed by atoms with van der Waals surface area (Å²) in [4.78, 5) is 0. The van der Waals surface area contributed by atoms with Crippen LogP contribution in [0.5, 0.6) is 5.75 Å². The number of benzene rings is 5. The van der Waals surface area contributed by atoms with Crippen molar-refractivity contribution in [3.8, 4) is 39.1 Å². The quantitative estimate of drug-likeness (QED) is 0.209. The van der Waals surface area contributed by atoms with Gasteiger partial charge in [0.1, 0.15) is 22.7 Å². The maximum absolute atomic E-state index is 12.1. The fraction of sp³-hybridized carbons (Fsp3) is 0.0732. The van der Waals surface area contributed by atoms with Crippen LogP contribution in [0.15, 0.2) is 156 Å². The fourth-order valence-corrected chi connectivity index (χ4v) is 8.05. The minimum absolute atomic E-state index is 0.150. The highest BCUT2D eigenvalue weighted by molar-refractivity contribution is 7.26. The molecule has 3 nitrogen and oxygen atoms in total. The van der Waals surface area contributed by atoms with Crippen molar-refractivity contribution in [2.24, 2.45) is 0 Å². The van der Waals surface area contributed by atoms with Gasteiger partial charge in [-0.05, 0) is 74.2 Å². The summed E-state index contributed by atoms with van der Waals surface area (Å²) < 4.78 is 12.6. The van der Waals surface area contributed by atoms with Crippen molar-refractivity contribution in [1.29, 1.82) is 0 Å². The molecular weight excluding hydrogens is 571 g/mol. The lowest BCUT2D eigenvalue weighted by molar-refractivity contribution is 0.336. The van der Waals surface area contributed by atoms with Gasteiger partial charge >= 0.3 is 0 Å². The van der Waals surface area contributed by atoms with Gasteiger partial charge in [0.15, 0.2) is 0 Å². The van der Waals surface area contributed by atoms with Crippen LogP contribution in [0.4, 0.5) is 0 Å². The summed E-state index contributed by atoms with van der Waals surface area (Å²) in [7, 11) is -0.150. The topological polar surface area (TPSA) is 38.7 Å². The van der Waals surface area contributed by atoms with Crippen molar-refractivity contribution < 1.29 is 14.2 Å². The number of hydrogen-bond acceptors (Lipinski definition) is 3. The number of aliphatic hydroxyl groups excluding tert-OH is 1. The van der Waals surface area contributed by atoms with E-state index in [1.807, 2.05) is 24.3 Å². The summed E-state index contributed by atoms with van der Waals surface area (Å²) in [6.45, 7) is 0. The van der Waals surface area contributed by atoms with Gasteiger partial charge in [-0.15, -0.1) is 0 Å². The molecule has 4 heteroatoms. The average molecular weight is 601 g/mol. The Balaban J connectivity index is 1.21. The second-order valence-corrected chi connectivity index (χ2v) is 12.5. The van der Waals surface area contributed by atoms with Crippen LogP contribution in [0.1, 0.15) is 29.5 Å². The zero-order chi connectivity index (χ0) is 30.0. The molecule has 9 rings (SSSR count). The molecule has 2 atom stereocenters. The van der Waals surface area contributed by atoms with Crippen LogP contribution in [0.25, 0.3) is 45.0 Å². The molecule has 0 saturated carbocycles. The van der Waals surface area contributed by atoms with Gasteiger partial charge in [-0.2, -0.15) is 0 Å². The van der Waals surface area contributed by atoms with Crippen LogP contribution in [-0.4, -0.2) is 5.11 Å². The third-order valence-corrected chi connectivity index (χ3v) is 10.2. The Morgan fingerprint density at radius 1 is 0.600 bits per heavy atom. The van der Waals surface area contributed by atoms with Gasteiger partial charge in [-0.3, -0.25) is 0 Å². The molecule has 45 heavy (non-hydrogen) atoms. The molecule has 5 aromatic carbocycles. The molecular formula is C41H29O3P. The lowest BCUT2D eigenvalue weighted by Crippen LogP contribution is -2.28. The smallest absolute Gasteiger partial charge is 0.275 e. The number of aliphatic hydroxyl groups is 1. The van der Waals surface area contributed by atoms with Gasteiger partial charge in [0, 0.05) is 17.6 Å². The molecule has 0 aromatic heterocycles. The first-order chi connectivity index (χ1) is 22.2. The molecule has 0 fully saturated rings. The lowest BCUT2D eigenvalue weighted by atomic mass is 9.73. The van der Waals surface area contributed by atoms with Crippen LogP contribution >= 0.6 is 9.03 Å². The monoisotopic (exact) mass is 600 g/mol. The molecule has 0 bridgehead atoms. The Kier molecular flexibility index (Phi) is 5.98. The Labute approximate surface area is 264 Å². The standard InChI is InChI=1S/C41H29O3P/c42-38-24-34-32(30-18-14-28(15-19-30)26-8-3-1-4-9-26)22-23-37-40(34)41(38)25-35(33-12-7-13-36(39(33)41)43-45-44-37)31-20-16-29(17-21-31)27-10-5-2-6-11-27/h1-6,8-12,14-25,42,45H,7,13H2. The molecule has 1 N–H and O–H groups in total. The molecule has 1 heterocycles. The summed E-state index contributed by atoms with van der Waals surface area (Å²) in [5, 5.41) is 12.1. The van der Waals surface area contributed by atoms with E-state index in [0.29, 0.717) is 5.76 Å². The van der Waals surface area contributed by atoms with Crippen molar-refractivity contribution >= 4 is 20.7 Å². The Hall–Kier alpha value is -5.11. The average Bonchev–Trinajstić information content (AvgIpc) is 3.60. The summed E-state index contributed by atoms with van der Waals surface area (Å²) in [6.07, 6.45) is 8.18. The molecule has 3 aliphatic carbocycles. The van der Waals surface area contributed by atoms with E-state index in [0.717, 1.165) is 68.9 Å². The van der Waals surface area contributed by atoms with Crippen molar-refractivity contribution in [3.63, 3.8) is 0 Å². The second kappa shape index (κ2) is 10.2. The van der Waals surface area contributed by atoms with Gasteiger partial charge in [-0.25, -0.2) is 0 Å². The summed E-state index contributed by atoms with van der Waals surface area (Å²) in [6, 6.07) is 42.5. The largest absolute Gasteiger partial charge is 0.511 e. The third kappa shape index (κ3) is 4.01. The molecule has 4 aliphatic rings. The Bertz CT molecular complexity index is 2100. The molecule has 1 aliphatic heterocycles. The highest BCUT2D eigenvalue weighted by atomic mass is 31.1. The van der Waals surface area contributed by atoms with Crippen LogP contribution in [0.2, 0.25) is 0 Å². The van der Waals surface area contributed by atoms with Crippen molar-refractivity contribution in [2.75, 3.05) is 0 Å². The lowest BCUT2D eigenvalue weighted by Gasteiger charge is -2.34. The summed E-state index contributed by atoms with van der Waals surface area (Å²) >= 11 is 0. The van der Waals surface area contributed by atoms with Gasteiger partial charge in [0.25, 0.3) is 9.03 Å². The Morgan fingerprint density at radius 2 is 1.20 bits per heavy atom. The fourth-order valence-electron chi connectivity index (χ4n) is 7.44. The number of allylic oxidation sites excluding steroid dienone is 5. The predicted octanol–water partition coefficient (Wildman–Crippen LogP) is 10.8. The summed E-state index contributed by atoms with van der Waals surface area (Å²) in [5.74, 6) is 1.97. The molecule has 0 radical (unpaired) electrons. The van der Waals surface area contributed by atoms with Crippen molar-refractivity contribution in [3.05, 3.63) is 173 Å². The van der Waals surface area contributed by atoms with Crippen LogP contribution < -0.4 is 4.52 Å². The van der Waals surface area contributed by atoms with E-state index in [2.05, 4.69) is 115 Å². The minimum Gasteiger partial charge on any atom is -0.511 e. The number of rotatable bonds is 4. The van der Waals surface area contributed by atoms with E-state index < -0.39 is 5.41 Å². The first-order valence-electron chi connectivity index (χ1n) is 15.4. The van der Waals surface area contributed by atoms with E-state index >= 15 is 0 Å². The maximum atomic E-state index is 12.1. The van der Waals surface area contributed by atoms with E-state index in [9.17, 15) is 5.11 Å². The van der Waals surface area contributed by atoms with Crippen molar-refractivity contribution in [2.45, 2.75) is 18.3 Å². The van der Waals surface area contributed by atoms with Crippen LogP contribution in [-0.2, 0) is 9.94 Å². The number of hydrogen-bond donors (Lipinski definition) is 1. The zero-order valence-corrected chi connectivity index (χ0v) is 25.5. The second-order valence-electron chi connectivity index (χ2n) is 11.9. The molecule has 5 aromatic rings. The zero-order valence-electron chi connectivity index (χ0n) is 24.5. The van der Waals surface area contributed by atoms with E-state index in [4.69, 9.17) is 9.05 Å². The first kappa shape index (κ1) is 26.3. The maximum Gasteiger partial charge on any atom is 0.275 e. The third-order valence-electron chi connectivity index (χ3n) is 9.52. The SMILES string of the molecule is OC1=Cc2c(-c3ccc(-c4ccccc4)cc3)ccc3c2C12C=C(c1ccc(-c4ccccc4)cc1)C1=CCCC(=C12)OPO3. The molecule has 216 valence electrons. The van der Waals surface area contributed by atoms with Gasteiger partial charge in [-0.1, -0.05) is 127 Å². The molecule has 1 spiro atoms. The Morgan fingerprint density at radius 3 is 1.87 bits per heavy atom. The van der Waals surface area contributed by atoms with E-state index in [1.54, 1.807) is 0 Å². The minimum atomic E-state index is -0.870. The van der Waals surface area contributed by atoms with Crippen LogP contribution in [0, 0.1) is 0 Å². The van der Waals surface area contributed by atoms with Gasteiger partial charge < -0.3 is 14.2 Å². The first-order valence-corrected chi connectivity index (χ1v) is 16.2. The molecule has 0 amide bonds. The highest BCUT2D eigenvalue weighted by Gasteiger charge is 2.54. The van der Waals surface area contributed by atoms with Gasteiger partial charge in [0.2, 0.25) is 0 Å². The predicted molar refractivity (Wildman–Crippen MR) is 184 cm³/mol. The van der Waals surface area contributed by atoms with E-state index in [1.165, 1.54) is 22.3 Å². The highest BCUT2D eigenvalue weighted by Crippen LogP contribution is 2.64. The van der Waals surface area contributed by atoms with Gasteiger partial charge in [0.05, 0.1) is 0 Å². The van der Waals surface area contributed by atoms with Crippen molar-refractivity contribution in [1.82, 2.24) is 0 Å². The normalized spacial score (nSPS) is 19.8. The molecule has 2 unspecified atom stereocenters.